The first-order chi connectivity index (χ1) is 14.4. The molecule has 6 nitrogen and oxygen atoms in total. The van der Waals surface area contributed by atoms with Crippen LogP contribution in [0.15, 0.2) is 36.4 Å². The number of carbonyl (C=O) groups is 2. The summed E-state index contributed by atoms with van der Waals surface area (Å²) in [7, 11) is 1.53. The second-order valence-corrected chi connectivity index (χ2v) is 7.38. The van der Waals surface area contributed by atoms with Gasteiger partial charge in [-0.05, 0) is 43.3 Å². The number of hydrogen-bond acceptors (Lipinski definition) is 6. The smallest absolute Gasteiger partial charge is 0.306 e. The number of halogens is 2. The number of hydrogen-bond donors (Lipinski definition) is 0. The van der Waals surface area contributed by atoms with Gasteiger partial charge in [0.05, 0.1) is 36.9 Å². The minimum atomic E-state index is -0.958. The minimum Gasteiger partial charge on any atom is -0.497 e. The Bertz CT molecular complexity index is 1050. The van der Waals surface area contributed by atoms with Crippen molar-refractivity contribution in [3.63, 3.8) is 0 Å². The van der Waals surface area contributed by atoms with Crippen LogP contribution < -0.4 is 9.64 Å². The highest BCUT2D eigenvalue weighted by Crippen LogP contribution is 2.29. The molecule has 1 heterocycles. The van der Waals surface area contributed by atoms with Gasteiger partial charge in [0.25, 0.3) is 0 Å². The fourth-order valence-corrected chi connectivity index (χ4v) is 3.83. The maximum Gasteiger partial charge on any atom is 0.306 e. The van der Waals surface area contributed by atoms with E-state index in [4.69, 9.17) is 9.47 Å². The van der Waals surface area contributed by atoms with E-state index in [0.29, 0.717) is 22.0 Å². The number of fused-ring (bicyclic) bond motifs is 1. The standard InChI is InChI=1S/C21H20F2N2O4S/c1-3-29-19(27)11-10-18(26)25(13-4-6-14(28-2)7-5-13)12-17-24-16-9-8-15(22)20(23)21(16)30-17/h4-9H,3,10-12H2,1-2H3. The molecule has 1 amide bonds. The molecule has 0 aliphatic carbocycles. The number of aromatic nitrogens is 1. The van der Waals surface area contributed by atoms with Crippen molar-refractivity contribution in [3.05, 3.63) is 53.0 Å². The van der Waals surface area contributed by atoms with Crippen molar-refractivity contribution in [1.82, 2.24) is 4.98 Å². The van der Waals surface area contributed by atoms with Gasteiger partial charge < -0.3 is 14.4 Å². The maximum absolute atomic E-state index is 14.0. The van der Waals surface area contributed by atoms with E-state index in [2.05, 4.69) is 4.98 Å². The summed E-state index contributed by atoms with van der Waals surface area (Å²) < 4.78 is 37.7. The summed E-state index contributed by atoms with van der Waals surface area (Å²) in [6.07, 6.45) is -0.113. The first kappa shape index (κ1) is 21.6. The summed E-state index contributed by atoms with van der Waals surface area (Å²) in [6.45, 7) is 1.98. The van der Waals surface area contributed by atoms with E-state index in [9.17, 15) is 18.4 Å². The van der Waals surface area contributed by atoms with Gasteiger partial charge in [0, 0.05) is 12.1 Å². The summed E-state index contributed by atoms with van der Waals surface area (Å²) in [5.74, 6) is -2.07. The van der Waals surface area contributed by atoms with E-state index in [1.54, 1.807) is 31.2 Å². The zero-order valence-electron chi connectivity index (χ0n) is 16.5. The van der Waals surface area contributed by atoms with Crippen LogP contribution in [0.4, 0.5) is 14.5 Å². The number of methoxy groups -OCH3 is 1. The largest absolute Gasteiger partial charge is 0.497 e. The third-order valence-electron chi connectivity index (χ3n) is 4.32. The van der Waals surface area contributed by atoms with Crippen LogP contribution in [-0.4, -0.2) is 30.6 Å². The normalized spacial score (nSPS) is 10.8. The topological polar surface area (TPSA) is 68.7 Å². The number of benzene rings is 2. The molecule has 0 aliphatic rings. The Hall–Kier alpha value is -3.07. The third-order valence-corrected chi connectivity index (χ3v) is 5.37. The Balaban J connectivity index is 1.87. The lowest BCUT2D eigenvalue weighted by Gasteiger charge is -2.22. The van der Waals surface area contributed by atoms with Crippen LogP contribution in [-0.2, 0) is 20.9 Å². The molecule has 0 atom stereocenters. The zero-order valence-corrected chi connectivity index (χ0v) is 17.3. The monoisotopic (exact) mass is 434 g/mol. The van der Waals surface area contributed by atoms with Gasteiger partial charge in [-0.1, -0.05) is 0 Å². The number of rotatable bonds is 8. The minimum absolute atomic E-state index is 0.0500. The molecule has 1 aromatic heterocycles. The van der Waals surface area contributed by atoms with Gasteiger partial charge in [0.15, 0.2) is 11.6 Å². The molecule has 0 saturated carbocycles. The molecule has 30 heavy (non-hydrogen) atoms. The molecule has 0 spiro atoms. The summed E-state index contributed by atoms with van der Waals surface area (Å²) >= 11 is 0.982. The summed E-state index contributed by atoms with van der Waals surface area (Å²) in [6, 6.07) is 9.23. The molecule has 0 saturated heterocycles. The van der Waals surface area contributed by atoms with Gasteiger partial charge in [-0.25, -0.2) is 13.8 Å². The Morgan fingerprint density at radius 1 is 1.10 bits per heavy atom. The fourth-order valence-electron chi connectivity index (χ4n) is 2.85. The number of amides is 1. The molecule has 0 unspecified atom stereocenters. The summed E-state index contributed by atoms with van der Waals surface area (Å²) in [5.41, 5.74) is 0.887. The number of ether oxygens (including phenoxy) is 2. The second-order valence-electron chi connectivity index (χ2n) is 6.30. The molecule has 0 radical (unpaired) electrons. The van der Waals surface area contributed by atoms with E-state index < -0.39 is 17.6 Å². The number of carbonyl (C=O) groups excluding carboxylic acids is 2. The van der Waals surface area contributed by atoms with Crippen molar-refractivity contribution in [2.24, 2.45) is 0 Å². The van der Waals surface area contributed by atoms with Gasteiger partial charge in [0.1, 0.15) is 10.8 Å². The molecule has 0 fully saturated rings. The maximum atomic E-state index is 14.0. The highest BCUT2D eigenvalue weighted by Gasteiger charge is 2.21. The van der Waals surface area contributed by atoms with Crippen LogP contribution >= 0.6 is 11.3 Å². The van der Waals surface area contributed by atoms with Gasteiger partial charge in [-0.3, -0.25) is 9.59 Å². The lowest BCUT2D eigenvalue weighted by Crippen LogP contribution is -2.30. The SMILES string of the molecule is CCOC(=O)CCC(=O)N(Cc1nc2ccc(F)c(F)c2s1)c1ccc(OC)cc1. The van der Waals surface area contributed by atoms with Gasteiger partial charge in [-0.2, -0.15) is 0 Å². The molecule has 0 N–H and O–H groups in total. The number of anilines is 1. The van der Waals surface area contributed by atoms with E-state index in [1.807, 2.05) is 0 Å². The van der Waals surface area contributed by atoms with E-state index in [0.717, 1.165) is 17.4 Å². The highest BCUT2D eigenvalue weighted by molar-refractivity contribution is 7.18. The zero-order chi connectivity index (χ0) is 21.7. The molecular formula is C21H20F2N2O4S. The van der Waals surface area contributed by atoms with Crippen LogP contribution in [0, 0.1) is 11.6 Å². The predicted molar refractivity (Wildman–Crippen MR) is 110 cm³/mol. The lowest BCUT2D eigenvalue weighted by atomic mass is 10.2. The lowest BCUT2D eigenvalue weighted by molar-refractivity contribution is -0.144. The molecule has 158 valence electrons. The van der Waals surface area contributed by atoms with Crippen molar-refractivity contribution in [2.45, 2.75) is 26.3 Å². The summed E-state index contributed by atoms with van der Waals surface area (Å²) in [4.78, 5) is 30.3. The average Bonchev–Trinajstić information content (AvgIpc) is 3.17. The van der Waals surface area contributed by atoms with E-state index in [1.165, 1.54) is 18.1 Å². The third kappa shape index (κ3) is 4.91. The van der Waals surface area contributed by atoms with Crippen LogP contribution in [0.25, 0.3) is 10.2 Å². The second kappa shape index (κ2) is 9.62. The van der Waals surface area contributed by atoms with Gasteiger partial charge >= 0.3 is 5.97 Å². The molecule has 0 aliphatic heterocycles. The van der Waals surface area contributed by atoms with E-state index in [-0.39, 0.29) is 36.6 Å². The Morgan fingerprint density at radius 2 is 1.83 bits per heavy atom. The van der Waals surface area contributed by atoms with Crippen LogP contribution in [0.3, 0.4) is 0 Å². The van der Waals surface area contributed by atoms with Crippen molar-refractivity contribution < 1.29 is 27.8 Å². The van der Waals surface area contributed by atoms with Crippen molar-refractivity contribution in [2.75, 3.05) is 18.6 Å². The Morgan fingerprint density at radius 3 is 2.50 bits per heavy atom. The molecule has 3 aromatic rings. The van der Waals surface area contributed by atoms with Crippen LogP contribution in [0.1, 0.15) is 24.8 Å². The molecular weight excluding hydrogens is 414 g/mol. The highest BCUT2D eigenvalue weighted by atomic mass is 32.1. The molecule has 2 aromatic carbocycles. The Kier molecular flexibility index (Phi) is 6.94. The first-order valence-electron chi connectivity index (χ1n) is 9.26. The number of nitrogens with zero attached hydrogens (tertiary/aromatic N) is 2. The number of thiazole rings is 1. The predicted octanol–water partition coefficient (Wildman–Crippen LogP) is 4.46. The van der Waals surface area contributed by atoms with Crippen molar-refractivity contribution in [3.8, 4) is 5.75 Å². The molecule has 0 bridgehead atoms. The van der Waals surface area contributed by atoms with Crippen LogP contribution in [0.5, 0.6) is 5.75 Å². The quantitative estimate of drug-likeness (QED) is 0.490. The van der Waals surface area contributed by atoms with E-state index >= 15 is 0 Å². The summed E-state index contributed by atoms with van der Waals surface area (Å²) in [5, 5.41) is 0.440. The molecule has 9 heteroatoms. The van der Waals surface area contributed by atoms with Gasteiger partial charge in [0.2, 0.25) is 5.91 Å². The first-order valence-corrected chi connectivity index (χ1v) is 10.1. The van der Waals surface area contributed by atoms with Crippen molar-refractivity contribution in [1.29, 1.82) is 0 Å². The van der Waals surface area contributed by atoms with Gasteiger partial charge in [-0.15, -0.1) is 11.3 Å². The van der Waals surface area contributed by atoms with Crippen molar-refractivity contribution >= 4 is 39.1 Å². The number of esters is 1. The Labute approximate surface area is 176 Å². The molecule has 3 rings (SSSR count). The van der Waals surface area contributed by atoms with Crippen LogP contribution in [0.2, 0.25) is 0 Å². The fraction of sp³-hybridized carbons (Fsp3) is 0.286. The average molecular weight is 434 g/mol.